The topological polar surface area (TPSA) is 39.2 Å². The number of hydrogen-bond acceptors (Lipinski definition) is 3. The molecule has 0 unspecified atom stereocenters. The Morgan fingerprint density at radius 1 is 1.26 bits per heavy atom. The molecule has 0 aliphatic carbocycles. The first-order valence-corrected chi connectivity index (χ1v) is 6.07. The summed E-state index contributed by atoms with van der Waals surface area (Å²) in [4.78, 5) is 14.5. The van der Waals surface area contributed by atoms with Gasteiger partial charge >= 0.3 is 0 Å². The van der Waals surface area contributed by atoms with Gasteiger partial charge in [-0.15, -0.1) is 0 Å². The lowest BCUT2D eigenvalue weighted by Gasteiger charge is -2.08. The molecule has 0 saturated heterocycles. The molecule has 0 spiro atoms. The summed E-state index contributed by atoms with van der Waals surface area (Å²) in [7, 11) is 0. The van der Waals surface area contributed by atoms with Crippen LogP contribution in [0.2, 0.25) is 0 Å². The van der Waals surface area contributed by atoms with Gasteiger partial charge in [0.05, 0.1) is 5.69 Å². The summed E-state index contributed by atoms with van der Waals surface area (Å²) in [5, 5.41) is 0. The Hall–Kier alpha value is -1.82. The zero-order chi connectivity index (χ0) is 13.8. The second kappa shape index (κ2) is 5.88. The molecule has 0 amide bonds. The third-order valence-electron chi connectivity index (χ3n) is 2.31. The third-order valence-corrected chi connectivity index (χ3v) is 2.78. The molecule has 3 nitrogen and oxygen atoms in total. The van der Waals surface area contributed by atoms with Crippen LogP contribution in [0.5, 0.6) is 5.75 Å². The molecule has 0 fully saturated rings. The highest BCUT2D eigenvalue weighted by molar-refractivity contribution is 9.10. The van der Waals surface area contributed by atoms with Gasteiger partial charge in [-0.1, -0.05) is 0 Å². The Labute approximate surface area is 116 Å². The Morgan fingerprint density at radius 3 is 2.47 bits per heavy atom. The van der Waals surface area contributed by atoms with Crippen LogP contribution in [0.4, 0.5) is 8.78 Å². The van der Waals surface area contributed by atoms with E-state index in [1.54, 1.807) is 18.3 Å². The van der Waals surface area contributed by atoms with Crippen LogP contribution in [0.1, 0.15) is 16.1 Å². The molecule has 2 rings (SSSR count). The molecular weight excluding hydrogens is 320 g/mol. The van der Waals surface area contributed by atoms with Crippen molar-refractivity contribution in [2.75, 3.05) is 0 Å². The Kier molecular flexibility index (Phi) is 4.21. The average Bonchev–Trinajstić information content (AvgIpc) is 2.39. The minimum Gasteiger partial charge on any atom is -0.481 e. The van der Waals surface area contributed by atoms with Gasteiger partial charge in [-0.25, -0.2) is 8.78 Å². The van der Waals surface area contributed by atoms with E-state index in [1.807, 2.05) is 0 Å². The SMILES string of the molecule is O=Cc1cc(F)c(OCc2ccc(Br)cn2)c(F)c1. The van der Waals surface area contributed by atoms with Gasteiger partial charge in [0.15, 0.2) is 17.4 Å². The minimum atomic E-state index is -0.917. The van der Waals surface area contributed by atoms with E-state index in [0.29, 0.717) is 12.0 Å². The number of pyridine rings is 1. The van der Waals surface area contributed by atoms with Crippen molar-refractivity contribution in [1.29, 1.82) is 0 Å². The van der Waals surface area contributed by atoms with Crippen LogP contribution < -0.4 is 4.74 Å². The average molecular weight is 328 g/mol. The van der Waals surface area contributed by atoms with E-state index in [9.17, 15) is 13.6 Å². The molecule has 98 valence electrons. The number of carbonyl (C=O) groups excluding carboxylic acids is 1. The van der Waals surface area contributed by atoms with Crippen LogP contribution in [-0.4, -0.2) is 11.3 Å². The second-order valence-electron chi connectivity index (χ2n) is 3.69. The Morgan fingerprint density at radius 2 is 1.95 bits per heavy atom. The highest BCUT2D eigenvalue weighted by Gasteiger charge is 2.12. The van der Waals surface area contributed by atoms with E-state index < -0.39 is 17.4 Å². The van der Waals surface area contributed by atoms with Crippen LogP contribution in [0.25, 0.3) is 0 Å². The molecule has 0 bridgehead atoms. The van der Waals surface area contributed by atoms with Crippen LogP contribution in [0.15, 0.2) is 34.9 Å². The molecule has 0 atom stereocenters. The minimum absolute atomic E-state index is 0.0679. The van der Waals surface area contributed by atoms with Crippen LogP contribution in [0, 0.1) is 11.6 Å². The van der Waals surface area contributed by atoms with E-state index in [0.717, 1.165) is 16.6 Å². The number of hydrogen-bond donors (Lipinski definition) is 0. The molecule has 0 saturated carbocycles. The van der Waals surface area contributed by atoms with E-state index in [4.69, 9.17) is 4.74 Å². The first-order chi connectivity index (χ1) is 9.10. The number of ether oxygens (including phenoxy) is 1. The summed E-state index contributed by atoms with van der Waals surface area (Å²) in [6.45, 7) is -0.0679. The fourth-order valence-corrected chi connectivity index (χ4v) is 1.66. The zero-order valence-electron chi connectivity index (χ0n) is 9.57. The summed E-state index contributed by atoms with van der Waals surface area (Å²) >= 11 is 3.22. The molecule has 2 aromatic rings. The van der Waals surface area contributed by atoms with E-state index in [2.05, 4.69) is 20.9 Å². The molecule has 0 N–H and O–H groups in total. The van der Waals surface area contributed by atoms with Crippen molar-refractivity contribution in [3.05, 3.63) is 57.8 Å². The largest absolute Gasteiger partial charge is 0.481 e. The molecule has 0 aliphatic heterocycles. The van der Waals surface area contributed by atoms with Gasteiger partial charge in [0, 0.05) is 16.2 Å². The van der Waals surface area contributed by atoms with E-state index in [-0.39, 0.29) is 12.2 Å². The first kappa shape index (κ1) is 13.6. The van der Waals surface area contributed by atoms with Crippen LogP contribution in [0.3, 0.4) is 0 Å². The highest BCUT2D eigenvalue weighted by Crippen LogP contribution is 2.23. The monoisotopic (exact) mass is 327 g/mol. The second-order valence-corrected chi connectivity index (χ2v) is 4.60. The molecule has 0 radical (unpaired) electrons. The van der Waals surface area contributed by atoms with Crippen molar-refractivity contribution < 1.29 is 18.3 Å². The quantitative estimate of drug-likeness (QED) is 0.806. The normalized spacial score (nSPS) is 10.3. The molecule has 1 heterocycles. The van der Waals surface area contributed by atoms with Gasteiger partial charge in [-0.05, 0) is 40.2 Å². The van der Waals surface area contributed by atoms with Crippen molar-refractivity contribution in [3.8, 4) is 5.75 Å². The number of nitrogens with zero attached hydrogens (tertiary/aromatic N) is 1. The Bertz CT molecular complexity index is 579. The van der Waals surface area contributed by atoms with E-state index >= 15 is 0 Å². The van der Waals surface area contributed by atoms with Gasteiger partial charge in [0.2, 0.25) is 0 Å². The fourth-order valence-electron chi connectivity index (χ4n) is 1.42. The van der Waals surface area contributed by atoms with Crippen molar-refractivity contribution in [1.82, 2.24) is 4.98 Å². The number of carbonyl (C=O) groups is 1. The van der Waals surface area contributed by atoms with E-state index in [1.165, 1.54) is 0 Å². The molecule has 6 heteroatoms. The van der Waals surface area contributed by atoms with Crippen molar-refractivity contribution >= 4 is 22.2 Å². The van der Waals surface area contributed by atoms with Gasteiger partial charge in [0.1, 0.15) is 12.9 Å². The van der Waals surface area contributed by atoms with Crippen molar-refractivity contribution in [3.63, 3.8) is 0 Å². The molecule has 1 aromatic carbocycles. The zero-order valence-corrected chi connectivity index (χ0v) is 11.2. The van der Waals surface area contributed by atoms with Crippen molar-refractivity contribution in [2.45, 2.75) is 6.61 Å². The smallest absolute Gasteiger partial charge is 0.191 e. The molecular formula is C13H8BrF2NO2. The fraction of sp³-hybridized carbons (Fsp3) is 0.0769. The van der Waals surface area contributed by atoms with Crippen LogP contribution in [-0.2, 0) is 6.61 Å². The van der Waals surface area contributed by atoms with Gasteiger partial charge in [0.25, 0.3) is 0 Å². The lowest BCUT2D eigenvalue weighted by Crippen LogP contribution is -2.02. The predicted molar refractivity (Wildman–Crippen MR) is 68.0 cm³/mol. The van der Waals surface area contributed by atoms with Gasteiger partial charge in [-0.2, -0.15) is 0 Å². The summed E-state index contributed by atoms with van der Waals surface area (Å²) < 4.78 is 32.9. The van der Waals surface area contributed by atoms with Gasteiger partial charge < -0.3 is 4.74 Å². The number of rotatable bonds is 4. The summed E-state index contributed by atoms with van der Waals surface area (Å²) in [5.41, 5.74) is 0.450. The maximum absolute atomic E-state index is 13.5. The number of halogens is 3. The highest BCUT2D eigenvalue weighted by atomic mass is 79.9. The first-order valence-electron chi connectivity index (χ1n) is 5.27. The number of aromatic nitrogens is 1. The summed E-state index contributed by atoms with van der Waals surface area (Å²) in [5.74, 6) is -2.35. The lowest BCUT2D eigenvalue weighted by molar-refractivity contribution is 0.112. The maximum atomic E-state index is 13.5. The third kappa shape index (κ3) is 3.35. The standard InChI is InChI=1S/C13H8BrF2NO2/c14-9-1-2-10(17-5-9)7-19-13-11(15)3-8(6-18)4-12(13)16/h1-6H,7H2. The summed E-state index contributed by atoms with van der Waals surface area (Å²) in [6, 6.07) is 5.24. The molecule has 1 aromatic heterocycles. The van der Waals surface area contributed by atoms with Crippen molar-refractivity contribution in [2.24, 2.45) is 0 Å². The molecule has 19 heavy (non-hydrogen) atoms. The lowest BCUT2D eigenvalue weighted by atomic mass is 10.2. The number of benzene rings is 1. The maximum Gasteiger partial charge on any atom is 0.191 e. The molecule has 0 aliphatic rings. The Balaban J connectivity index is 2.15. The van der Waals surface area contributed by atoms with Crippen LogP contribution >= 0.6 is 15.9 Å². The predicted octanol–water partition coefficient (Wildman–Crippen LogP) is 3.51. The summed E-state index contributed by atoms with van der Waals surface area (Å²) in [6.07, 6.45) is 1.92. The van der Waals surface area contributed by atoms with Gasteiger partial charge in [-0.3, -0.25) is 9.78 Å². The number of aldehydes is 1.